The van der Waals surface area contributed by atoms with E-state index in [9.17, 15) is 17.6 Å². The van der Waals surface area contributed by atoms with Gasteiger partial charge in [0.25, 0.3) is 0 Å². The number of nitrogens with one attached hydrogen (secondary N) is 4. The van der Waals surface area contributed by atoms with Crippen molar-refractivity contribution in [2.45, 2.75) is 20.4 Å². The number of rotatable bonds is 8. The lowest BCUT2D eigenvalue weighted by Gasteiger charge is -2.09. The molecule has 13 heteroatoms. The van der Waals surface area contributed by atoms with Crippen LogP contribution in [-0.2, 0) is 21.4 Å². The molecule has 0 aliphatic carbocycles. The summed E-state index contributed by atoms with van der Waals surface area (Å²) in [4.78, 5) is 28.9. The fourth-order valence-corrected chi connectivity index (χ4v) is 5.13. The Morgan fingerprint density at radius 1 is 0.953 bits per heavy atom. The van der Waals surface area contributed by atoms with E-state index in [0.717, 1.165) is 28.3 Å². The number of aromatic amines is 2. The molecule has 0 saturated carbocycles. The van der Waals surface area contributed by atoms with Crippen LogP contribution >= 0.6 is 0 Å². The molecule has 218 valence electrons. The smallest absolute Gasteiger partial charge is 0.226 e. The second kappa shape index (κ2) is 11.0. The second-order valence-electron chi connectivity index (χ2n) is 10.5. The molecule has 0 aliphatic heterocycles. The number of pyridine rings is 2. The summed E-state index contributed by atoms with van der Waals surface area (Å²) >= 11 is 0. The van der Waals surface area contributed by atoms with Crippen LogP contribution < -0.4 is 10.0 Å². The molecule has 2 aromatic carbocycles. The number of hydrogen-bond acceptors (Lipinski definition) is 7. The maximum absolute atomic E-state index is 14.6. The van der Waals surface area contributed by atoms with E-state index in [1.165, 1.54) is 12.1 Å². The van der Waals surface area contributed by atoms with Crippen LogP contribution in [0.25, 0.3) is 55.7 Å². The number of carbonyl (C=O) groups excluding carboxylic acids is 1. The first-order valence-corrected chi connectivity index (χ1v) is 15.3. The number of imidazole rings is 1. The first kappa shape index (κ1) is 28.1. The molecule has 4 N–H and O–H groups in total. The molecule has 0 radical (unpaired) electrons. The van der Waals surface area contributed by atoms with Crippen molar-refractivity contribution < 1.29 is 17.6 Å². The summed E-state index contributed by atoms with van der Waals surface area (Å²) in [5.74, 6) is -0.277. The Hall–Kier alpha value is -5.01. The molecule has 43 heavy (non-hydrogen) atoms. The second-order valence-corrected chi connectivity index (χ2v) is 12.4. The van der Waals surface area contributed by atoms with Crippen molar-refractivity contribution >= 4 is 43.6 Å². The topological polar surface area (TPSA) is 158 Å². The minimum Gasteiger partial charge on any atom is -0.335 e. The maximum Gasteiger partial charge on any atom is 0.226 e. The molecule has 0 unspecified atom stereocenters. The Kier molecular flexibility index (Phi) is 7.20. The van der Waals surface area contributed by atoms with Crippen LogP contribution in [0, 0.1) is 11.7 Å². The molecular weight excluding hydrogens is 571 g/mol. The zero-order valence-corrected chi connectivity index (χ0v) is 24.3. The molecule has 6 rings (SSSR count). The van der Waals surface area contributed by atoms with Crippen LogP contribution in [0.3, 0.4) is 0 Å². The summed E-state index contributed by atoms with van der Waals surface area (Å²) < 4.78 is 40.1. The fraction of sp³-hybridized carbons (Fsp3) is 0.167. The first-order chi connectivity index (χ1) is 20.5. The van der Waals surface area contributed by atoms with E-state index >= 15 is 0 Å². The Morgan fingerprint density at radius 3 is 2.56 bits per heavy atom. The number of anilines is 1. The average Bonchev–Trinajstić information content (AvgIpc) is 3.59. The summed E-state index contributed by atoms with van der Waals surface area (Å²) in [5, 5.41) is 11.2. The monoisotopic (exact) mass is 598 g/mol. The predicted octanol–water partition coefficient (Wildman–Crippen LogP) is 5.01. The molecule has 0 atom stereocenters. The van der Waals surface area contributed by atoms with Gasteiger partial charge in [-0.3, -0.25) is 19.9 Å². The largest absolute Gasteiger partial charge is 0.335 e. The Morgan fingerprint density at radius 2 is 1.77 bits per heavy atom. The number of benzene rings is 2. The van der Waals surface area contributed by atoms with Crippen molar-refractivity contribution in [1.29, 1.82) is 0 Å². The summed E-state index contributed by atoms with van der Waals surface area (Å²) in [6.07, 6.45) is 7.60. The van der Waals surface area contributed by atoms with Gasteiger partial charge in [0.1, 0.15) is 11.5 Å². The summed E-state index contributed by atoms with van der Waals surface area (Å²) in [6, 6.07) is 12.0. The van der Waals surface area contributed by atoms with Gasteiger partial charge in [-0.1, -0.05) is 19.9 Å². The summed E-state index contributed by atoms with van der Waals surface area (Å²) in [7, 11) is -3.45. The lowest BCUT2D eigenvalue weighted by Crippen LogP contribution is -2.21. The highest BCUT2D eigenvalue weighted by Crippen LogP contribution is 2.33. The van der Waals surface area contributed by atoms with Crippen molar-refractivity contribution in [3.63, 3.8) is 0 Å². The molecule has 4 heterocycles. The molecule has 0 saturated heterocycles. The predicted molar refractivity (Wildman–Crippen MR) is 163 cm³/mol. The lowest BCUT2D eigenvalue weighted by molar-refractivity contribution is -0.118. The molecule has 1 amide bonds. The molecule has 11 nitrogen and oxygen atoms in total. The van der Waals surface area contributed by atoms with Crippen LogP contribution in [0.4, 0.5) is 10.1 Å². The van der Waals surface area contributed by atoms with Crippen LogP contribution in [0.5, 0.6) is 0 Å². The highest BCUT2D eigenvalue weighted by atomic mass is 32.2. The summed E-state index contributed by atoms with van der Waals surface area (Å²) in [5.41, 5.74) is 6.39. The minimum atomic E-state index is -3.45. The number of fused-ring (bicyclic) bond motifs is 2. The number of halogens is 1. The lowest BCUT2D eigenvalue weighted by atomic mass is 10.0. The SMILES string of the molecule is CC(C)C(=O)Nc1cncc(-c2ccc3[nH]nc(-c4nc5c(-c6cc(F)cc(CNS(C)(=O)=O)c6)cncc5[nH]4)c3c2)c1. The third-order valence-corrected chi connectivity index (χ3v) is 7.52. The van der Waals surface area contributed by atoms with E-state index in [1.807, 2.05) is 38.1 Å². The molecule has 6 aromatic rings. The van der Waals surface area contributed by atoms with Gasteiger partial charge in [-0.05, 0) is 53.1 Å². The number of aromatic nitrogens is 6. The van der Waals surface area contributed by atoms with E-state index in [-0.39, 0.29) is 18.4 Å². The Balaban J connectivity index is 1.38. The van der Waals surface area contributed by atoms with E-state index in [0.29, 0.717) is 44.9 Å². The van der Waals surface area contributed by atoms with Gasteiger partial charge in [-0.2, -0.15) is 5.10 Å². The molecule has 0 aliphatic rings. The molecule has 0 bridgehead atoms. The van der Waals surface area contributed by atoms with Crippen molar-refractivity contribution in [2.24, 2.45) is 5.92 Å². The summed E-state index contributed by atoms with van der Waals surface area (Å²) in [6.45, 7) is 3.60. The zero-order chi connectivity index (χ0) is 30.3. The Bertz CT molecular complexity index is 2120. The van der Waals surface area contributed by atoms with E-state index in [2.05, 4.69) is 35.2 Å². The van der Waals surface area contributed by atoms with Crippen molar-refractivity contribution in [3.8, 4) is 33.8 Å². The number of amides is 1. The Labute approximate surface area is 246 Å². The number of nitrogens with zero attached hydrogens (tertiary/aromatic N) is 4. The zero-order valence-electron chi connectivity index (χ0n) is 23.4. The van der Waals surface area contributed by atoms with Gasteiger partial charge < -0.3 is 10.3 Å². The van der Waals surface area contributed by atoms with Gasteiger partial charge >= 0.3 is 0 Å². The highest BCUT2D eigenvalue weighted by molar-refractivity contribution is 7.88. The van der Waals surface area contributed by atoms with Crippen molar-refractivity contribution in [2.75, 3.05) is 11.6 Å². The number of H-pyrrole nitrogens is 2. The quantitative estimate of drug-likeness (QED) is 0.192. The van der Waals surface area contributed by atoms with Gasteiger partial charge in [0.05, 0.1) is 40.9 Å². The van der Waals surface area contributed by atoms with Crippen LogP contribution in [0.1, 0.15) is 19.4 Å². The van der Waals surface area contributed by atoms with Crippen LogP contribution in [0.15, 0.2) is 67.3 Å². The molecule has 0 fully saturated rings. The first-order valence-electron chi connectivity index (χ1n) is 13.4. The minimum absolute atomic E-state index is 0.0526. The van der Waals surface area contributed by atoms with Gasteiger partial charge in [0.15, 0.2) is 5.82 Å². The van der Waals surface area contributed by atoms with E-state index < -0.39 is 15.8 Å². The normalized spacial score (nSPS) is 11.9. The van der Waals surface area contributed by atoms with Crippen molar-refractivity contribution in [3.05, 3.63) is 78.6 Å². The maximum atomic E-state index is 14.6. The third kappa shape index (κ3) is 5.98. The van der Waals surface area contributed by atoms with E-state index in [1.54, 1.807) is 30.9 Å². The number of hydrogen-bond donors (Lipinski definition) is 4. The molecule has 0 spiro atoms. The highest BCUT2D eigenvalue weighted by Gasteiger charge is 2.17. The van der Waals surface area contributed by atoms with Gasteiger partial charge in [0, 0.05) is 41.4 Å². The molecular formula is C30H27FN8O3S. The van der Waals surface area contributed by atoms with E-state index in [4.69, 9.17) is 4.98 Å². The van der Waals surface area contributed by atoms with Crippen LogP contribution in [-0.4, -0.2) is 50.7 Å². The van der Waals surface area contributed by atoms with Gasteiger partial charge in [-0.15, -0.1) is 0 Å². The standard InChI is InChI=1S/C30H27FN8O3S/c1-16(2)30(40)35-22-9-20(12-32-13-22)18-4-5-25-23(10-18)28(39-38-25)29-36-26-15-33-14-24(27(26)37-29)19-6-17(7-21(31)8-19)11-34-43(3,41)42/h4-10,12-16,34H,11H2,1-3H3,(H,35,40)(H,36,37)(H,38,39). The molecule has 4 aromatic heterocycles. The number of sulfonamides is 1. The third-order valence-electron chi connectivity index (χ3n) is 6.85. The number of carbonyl (C=O) groups is 1. The van der Waals surface area contributed by atoms with Gasteiger partial charge in [-0.25, -0.2) is 22.5 Å². The van der Waals surface area contributed by atoms with Gasteiger partial charge in [0.2, 0.25) is 15.9 Å². The van der Waals surface area contributed by atoms with Crippen LogP contribution in [0.2, 0.25) is 0 Å². The van der Waals surface area contributed by atoms with Crippen molar-refractivity contribution in [1.82, 2.24) is 34.9 Å². The average molecular weight is 599 g/mol. The fourth-order valence-electron chi connectivity index (χ4n) is 4.71.